The third-order valence-corrected chi connectivity index (χ3v) is 6.68. The molecule has 0 saturated carbocycles. The van der Waals surface area contributed by atoms with Crippen molar-refractivity contribution in [1.29, 1.82) is 0 Å². The first-order valence-electron chi connectivity index (χ1n) is 12.7. The van der Waals surface area contributed by atoms with Gasteiger partial charge in [0.1, 0.15) is 24.2 Å². The molecule has 1 unspecified atom stereocenters. The quantitative estimate of drug-likeness (QED) is 0.200. The molecule has 9 nitrogen and oxygen atoms in total. The van der Waals surface area contributed by atoms with Gasteiger partial charge < -0.3 is 18.8 Å². The van der Waals surface area contributed by atoms with Gasteiger partial charge >= 0.3 is 13.2 Å². The highest BCUT2D eigenvalue weighted by molar-refractivity contribution is 5.97. The van der Waals surface area contributed by atoms with Crippen LogP contribution in [-0.2, 0) is 24.9 Å². The van der Waals surface area contributed by atoms with E-state index in [9.17, 15) is 26.3 Å². The van der Waals surface area contributed by atoms with Crippen LogP contribution < -0.4 is 9.47 Å². The first-order chi connectivity index (χ1) is 20.2. The van der Waals surface area contributed by atoms with Crippen LogP contribution in [0.3, 0.4) is 0 Å². The molecule has 1 atom stereocenters. The maximum Gasteiger partial charge on any atom is 0.388 e. The molecular formula is C27H22F6N6O3. The molecule has 1 aromatic carbocycles. The third kappa shape index (κ3) is 5.15. The second-order valence-electron chi connectivity index (χ2n) is 9.47. The second-order valence-corrected chi connectivity index (χ2v) is 9.47. The Hall–Kier alpha value is -4.53. The second kappa shape index (κ2) is 11.0. The predicted molar refractivity (Wildman–Crippen MR) is 136 cm³/mol. The predicted octanol–water partition coefficient (Wildman–Crippen LogP) is 5.84. The Morgan fingerprint density at radius 1 is 0.952 bits per heavy atom. The van der Waals surface area contributed by atoms with Crippen LogP contribution in [-0.4, -0.2) is 55.0 Å². The molecule has 6 rings (SSSR count). The van der Waals surface area contributed by atoms with Gasteiger partial charge in [-0.2, -0.15) is 22.7 Å². The number of aryl methyl sites for hydroxylation is 1. The first kappa shape index (κ1) is 27.6. The highest BCUT2D eigenvalue weighted by atomic mass is 19.3. The van der Waals surface area contributed by atoms with Gasteiger partial charge in [0.25, 0.3) is 6.43 Å². The smallest absolute Gasteiger partial charge is 0.388 e. The van der Waals surface area contributed by atoms with Crippen molar-refractivity contribution in [2.75, 3.05) is 6.61 Å². The average molecular weight is 593 g/mol. The number of halogens is 6. The van der Waals surface area contributed by atoms with Crippen LogP contribution >= 0.6 is 0 Å². The lowest BCUT2D eigenvalue weighted by Crippen LogP contribution is -2.34. The molecule has 0 amide bonds. The van der Waals surface area contributed by atoms with E-state index < -0.39 is 37.3 Å². The van der Waals surface area contributed by atoms with Gasteiger partial charge in [-0.05, 0) is 17.7 Å². The van der Waals surface area contributed by atoms with E-state index in [-0.39, 0.29) is 41.4 Å². The van der Waals surface area contributed by atoms with Crippen molar-refractivity contribution in [2.24, 2.45) is 7.05 Å². The van der Waals surface area contributed by atoms with E-state index in [4.69, 9.17) is 14.5 Å². The Labute approximate surface area is 234 Å². The third-order valence-electron chi connectivity index (χ3n) is 6.68. The summed E-state index contributed by atoms with van der Waals surface area (Å²) in [6.45, 7) is -6.59. The van der Waals surface area contributed by atoms with Crippen molar-refractivity contribution in [2.45, 2.75) is 38.8 Å². The summed E-state index contributed by atoms with van der Waals surface area (Å²) in [6, 6.07) is 12.8. The standard InChI is InChI=1S/C27H22F6N6O3/c1-37-12-17(24(36-37)42-27(32)33)18-16-8-5-9-38(10-14-6-3-2-4-7-14)23(16)34-20(18)19-21(22(28)29)35-39-11-15(41-26(30)31)13-40-25(19)39/h2-9,12,15,22,26-27H,10-11,13H2,1H3. The van der Waals surface area contributed by atoms with E-state index in [0.717, 1.165) is 10.2 Å². The summed E-state index contributed by atoms with van der Waals surface area (Å²) in [5.41, 5.74) is 0.645. The van der Waals surface area contributed by atoms with Gasteiger partial charge in [0.05, 0.1) is 23.4 Å². The number of rotatable bonds is 9. The summed E-state index contributed by atoms with van der Waals surface area (Å²) in [5.74, 6) is -0.223. The molecule has 42 heavy (non-hydrogen) atoms. The minimum absolute atomic E-state index is 0.0464. The van der Waals surface area contributed by atoms with Crippen molar-refractivity contribution < 1.29 is 40.6 Å². The van der Waals surface area contributed by atoms with Crippen molar-refractivity contribution in [1.82, 2.24) is 29.1 Å². The van der Waals surface area contributed by atoms with E-state index in [0.29, 0.717) is 17.9 Å². The van der Waals surface area contributed by atoms with Crippen molar-refractivity contribution in [3.63, 3.8) is 0 Å². The molecule has 220 valence electrons. The van der Waals surface area contributed by atoms with Gasteiger partial charge in [-0.1, -0.05) is 30.3 Å². The monoisotopic (exact) mass is 592 g/mol. The molecule has 3 aliphatic heterocycles. The minimum Gasteiger partial charge on any atom is -0.474 e. The molecule has 5 heterocycles. The van der Waals surface area contributed by atoms with Gasteiger partial charge in [-0.15, -0.1) is 5.10 Å². The normalized spacial score (nSPS) is 15.1. The fourth-order valence-corrected chi connectivity index (χ4v) is 5.08. The average Bonchev–Trinajstić information content (AvgIpc) is 3.61. The highest BCUT2D eigenvalue weighted by Crippen LogP contribution is 2.50. The Morgan fingerprint density at radius 2 is 1.74 bits per heavy atom. The summed E-state index contributed by atoms with van der Waals surface area (Å²) in [7, 11) is 1.49. The fraction of sp³-hybridized carbons (Fsp3) is 0.296. The Balaban J connectivity index is 1.59. The number of pyridine rings is 1. The number of hydrogen-bond acceptors (Lipinski definition) is 6. The molecule has 3 aliphatic rings. The van der Waals surface area contributed by atoms with Crippen LogP contribution in [0.5, 0.6) is 11.8 Å². The van der Waals surface area contributed by atoms with Crippen LogP contribution in [0.1, 0.15) is 17.7 Å². The lowest BCUT2D eigenvalue weighted by Gasteiger charge is -2.24. The fourth-order valence-electron chi connectivity index (χ4n) is 5.08. The summed E-state index contributed by atoms with van der Waals surface area (Å²) in [6.07, 6.45) is -1.09. The van der Waals surface area contributed by atoms with Gasteiger partial charge in [-0.25, -0.2) is 18.4 Å². The SMILES string of the molecule is Cn1cc(-c2c3cccn(Cc4ccccc4)c-3nc2-c2c(C(F)F)nn3c2OCC(OC(F)F)C3)c(OC(F)F)n1. The zero-order valence-electron chi connectivity index (χ0n) is 21.8. The molecule has 3 aromatic rings. The van der Waals surface area contributed by atoms with Crippen molar-refractivity contribution in [3.8, 4) is 45.5 Å². The maximum absolute atomic E-state index is 14.5. The number of fused-ring (bicyclic) bond motifs is 2. The maximum atomic E-state index is 14.5. The molecule has 0 fully saturated rings. The number of hydrogen-bond donors (Lipinski definition) is 0. The van der Waals surface area contributed by atoms with Crippen LogP contribution in [0.2, 0.25) is 0 Å². The van der Waals surface area contributed by atoms with Gasteiger partial charge in [-0.3, -0.25) is 4.68 Å². The number of nitrogens with zero attached hydrogens (tertiary/aromatic N) is 6. The Morgan fingerprint density at radius 3 is 2.45 bits per heavy atom. The van der Waals surface area contributed by atoms with Crippen molar-refractivity contribution >= 4 is 0 Å². The van der Waals surface area contributed by atoms with Crippen LogP contribution in [0, 0.1) is 0 Å². The molecule has 0 N–H and O–H groups in total. The summed E-state index contributed by atoms with van der Waals surface area (Å²) >= 11 is 0. The number of aromatic nitrogens is 6. The van der Waals surface area contributed by atoms with Gasteiger partial charge in [0.15, 0.2) is 0 Å². The van der Waals surface area contributed by atoms with Crippen LogP contribution in [0.4, 0.5) is 26.3 Å². The van der Waals surface area contributed by atoms with Crippen molar-refractivity contribution in [3.05, 3.63) is 66.1 Å². The molecule has 0 aliphatic carbocycles. The lowest BCUT2D eigenvalue weighted by molar-refractivity contribution is -0.178. The van der Waals surface area contributed by atoms with Crippen LogP contribution in [0.25, 0.3) is 33.8 Å². The summed E-state index contributed by atoms with van der Waals surface area (Å²) < 4.78 is 100. The summed E-state index contributed by atoms with van der Waals surface area (Å²) in [4.78, 5) is 4.74. The molecular weight excluding hydrogens is 570 g/mol. The van der Waals surface area contributed by atoms with Gasteiger partial charge in [0, 0.05) is 37.1 Å². The van der Waals surface area contributed by atoms with E-state index in [1.165, 1.54) is 17.9 Å². The summed E-state index contributed by atoms with van der Waals surface area (Å²) in [5, 5.41) is 7.95. The molecule has 0 saturated heterocycles. The number of alkyl halides is 6. The first-order valence-corrected chi connectivity index (χ1v) is 12.7. The number of benzene rings is 1. The van der Waals surface area contributed by atoms with E-state index in [2.05, 4.69) is 14.9 Å². The molecule has 2 aromatic heterocycles. The Kier molecular flexibility index (Phi) is 7.26. The molecule has 0 spiro atoms. The number of ether oxygens (including phenoxy) is 3. The zero-order valence-corrected chi connectivity index (χ0v) is 21.8. The topological polar surface area (TPSA) is 81.2 Å². The van der Waals surface area contributed by atoms with E-state index in [1.54, 1.807) is 22.9 Å². The highest BCUT2D eigenvalue weighted by Gasteiger charge is 2.37. The van der Waals surface area contributed by atoms with Crippen LogP contribution in [0.15, 0.2) is 54.9 Å². The Bertz CT molecular complexity index is 1670. The molecule has 0 bridgehead atoms. The zero-order chi connectivity index (χ0) is 29.5. The largest absolute Gasteiger partial charge is 0.474 e. The minimum atomic E-state index is -3.21. The van der Waals surface area contributed by atoms with E-state index in [1.807, 2.05) is 30.3 Å². The molecule has 15 heteroatoms. The lowest BCUT2D eigenvalue weighted by atomic mass is 9.98. The molecule has 0 radical (unpaired) electrons. The van der Waals surface area contributed by atoms with E-state index >= 15 is 0 Å². The van der Waals surface area contributed by atoms with Gasteiger partial charge in [0.2, 0.25) is 11.8 Å².